The Morgan fingerprint density at radius 2 is 1.72 bits per heavy atom. The Kier molecular flexibility index (Phi) is 3.98. The molecule has 0 saturated heterocycles. The van der Waals surface area contributed by atoms with Crippen LogP contribution in [-0.2, 0) is 6.42 Å². The minimum Gasteiger partial charge on any atom is -0.342 e. The number of rotatable bonds is 2. The van der Waals surface area contributed by atoms with E-state index in [0.717, 1.165) is 5.56 Å². The topological polar surface area (TPSA) is 64.0 Å². The van der Waals surface area contributed by atoms with Gasteiger partial charge in [-0.1, -0.05) is 42.5 Å². The van der Waals surface area contributed by atoms with Gasteiger partial charge in [0.05, 0.1) is 28.2 Å². The van der Waals surface area contributed by atoms with Crippen molar-refractivity contribution in [2.24, 2.45) is 0 Å². The van der Waals surface area contributed by atoms with Crippen molar-refractivity contribution in [3.63, 3.8) is 0 Å². The monoisotopic (exact) mass is 385 g/mol. The van der Waals surface area contributed by atoms with Gasteiger partial charge in [0, 0.05) is 0 Å². The maximum Gasteiger partial charge on any atom is 0.266 e. The highest BCUT2D eigenvalue weighted by atomic mass is 19.1. The van der Waals surface area contributed by atoms with E-state index in [-0.39, 0.29) is 11.3 Å². The van der Waals surface area contributed by atoms with Crippen LogP contribution < -0.4 is 10.9 Å². The molecule has 1 atom stereocenters. The lowest BCUT2D eigenvalue weighted by molar-refractivity contribution is 0.0938. The van der Waals surface area contributed by atoms with E-state index < -0.39 is 17.4 Å². The van der Waals surface area contributed by atoms with E-state index >= 15 is 0 Å². The fraction of sp³-hybridized carbons (Fsp3) is 0.0870. The maximum atomic E-state index is 13.8. The summed E-state index contributed by atoms with van der Waals surface area (Å²) in [6.07, 6.45) is 0.472. The fourth-order valence-electron chi connectivity index (χ4n) is 3.79. The van der Waals surface area contributed by atoms with E-state index in [2.05, 4.69) is 10.3 Å². The van der Waals surface area contributed by atoms with Crippen LogP contribution in [0.25, 0.3) is 16.6 Å². The molecular formula is C23H16FN3O2. The zero-order valence-electron chi connectivity index (χ0n) is 15.3. The van der Waals surface area contributed by atoms with Gasteiger partial charge in [0.15, 0.2) is 0 Å². The molecular weight excluding hydrogens is 369 g/mol. The lowest BCUT2D eigenvalue weighted by Gasteiger charge is -2.19. The van der Waals surface area contributed by atoms with Crippen molar-refractivity contribution in [2.75, 3.05) is 0 Å². The van der Waals surface area contributed by atoms with Crippen LogP contribution in [0.15, 0.2) is 77.6 Å². The zero-order valence-corrected chi connectivity index (χ0v) is 15.3. The highest BCUT2D eigenvalue weighted by molar-refractivity contribution is 5.98. The van der Waals surface area contributed by atoms with Crippen LogP contribution in [-0.4, -0.2) is 15.5 Å². The number of benzene rings is 3. The third kappa shape index (κ3) is 2.89. The number of carbonyl (C=O) groups is 1. The van der Waals surface area contributed by atoms with Crippen molar-refractivity contribution in [3.8, 4) is 5.69 Å². The Bertz CT molecular complexity index is 1320. The van der Waals surface area contributed by atoms with E-state index in [1.807, 2.05) is 30.3 Å². The highest BCUT2D eigenvalue weighted by Gasteiger charge is 2.29. The summed E-state index contributed by atoms with van der Waals surface area (Å²) < 4.78 is 15.2. The van der Waals surface area contributed by atoms with E-state index in [9.17, 15) is 14.0 Å². The fourth-order valence-corrected chi connectivity index (χ4v) is 3.79. The third-order valence-corrected chi connectivity index (χ3v) is 5.15. The number of nitrogens with one attached hydrogen (secondary N) is 1. The van der Waals surface area contributed by atoms with Crippen LogP contribution in [0.3, 0.4) is 0 Å². The Balaban J connectivity index is 1.81. The van der Waals surface area contributed by atoms with Crippen LogP contribution in [0.5, 0.6) is 0 Å². The summed E-state index contributed by atoms with van der Waals surface area (Å²) in [6, 6.07) is 20.0. The molecule has 1 aliphatic heterocycles. The Labute approximate surface area is 165 Å². The predicted octanol–water partition coefficient (Wildman–Crippen LogP) is 3.55. The molecule has 5 nitrogen and oxygen atoms in total. The molecule has 6 heteroatoms. The first-order valence-corrected chi connectivity index (χ1v) is 9.28. The molecule has 1 aliphatic rings. The summed E-state index contributed by atoms with van der Waals surface area (Å²) in [7, 11) is 0. The smallest absolute Gasteiger partial charge is 0.266 e. The van der Waals surface area contributed by atoms with Crippen molar-refractivity contribution in [1.29, 1.82) is 0 Å². The highest BCUT2D eigenvalue weighted by Crippen LogP contribution is 2.27. The quantitative estimate of drug-likeness (QED) is 0.574. The molecule has 2 heterocycles. The van der Waals surface area contributed by atoms with Crippen molar-refractivity contribution >= 4 is 16.8 Å². The molecule has 0 bridgehead atoms. The minimum atomic E-state index is -0.514. The van der Waals surface area contributed by atoms with Gasteiger partial charge in [-0.05, 0) is 42.3 Å². The van der Waals surface area contributed by atoms with Crippen LogP contribution >= 0.6 is 0 Å². The molecule has 1 amide bonds. The van der Waals surface area contributed by atoms with Gasteiger partial charge in [-0.15, -0.1) is 0 Å². The van der Waals surface area contributed by atoms with Gasteiger partial charge in [0.2, 0.25) is 0 Å². The molecule has 0 aliphatic carbocycles. The summed E-state index contributed by atoms with van der Waals surface area (Å²) >= 11 is 0. The minimum absolute atomic E-state index is 0.177. The summed E-state index contributed by atoms with van der Waals surface area (Å²) in [6.45, 7) is 0. The normalized spacial score (nSPS) is 15.3. The summed E-state index contributed by atoms with van der Waals surface area (Å²) in [5, 5.41) is 3.19. The first-order chi connectivity index (χ1) is 14.1. The summed E-state index contributed by atoms with van der Waals surface area (Å²) in [5.74, 6) is -0.355. The van der Waals surface area contributed by atoms with Crippen molar-refractivity contribution < 1.29 is 9.18 Å². The lowest BCUT2D eigenvalue weighted by Crippen LogP contribution is -2.32. The van der Waals surface area contributed by atoms with E-state index in [1.165, 1.54) is 22.8 Å². The maximum absolute atomic E-state index is 13.8. The second kappa shape index (κ2) is 6.67. The Hall–Kier alpha value is -3.80. The van der Waals surface area contributed by atoms with Gasteiger partial charge in [0.1, 0.15) is 11.6 Å². The first-order valence-electron chi connectivity index (χ1n) is 9.28. The standard InChI is InChI=1S/C23H16FN3O2/c24-15-10-11-18-17(13-15)23(29)27-20-9-5-4-8-16(20)22(28)26-19(21(27)25-18)12-14-6-2-1-3-7-14/h1-11,13,19H,12H2,(H,26,28). The average Bonchev–Trinajstić information content (AvgIpc) is 2.85. The number of halogens is 1. The predicted molar refractivity (Wildman–Crippen MR) is 108 cm³/mol. The van der Waals surface area contributed by atoms with Gasteiger partial charge in [-0.25, -0.2) is 9.37 Å². The Morgan fingerprint density at radius 1 is 0.966 bits per heavy atom. The van der Waals surface area contributed by atoms with E-state index in [4.69, 9.17) is 0 Å². The third-order valence-electron chi connectivity index (χ3n) is 5.15. The van der Waals surface area contributed by atoms with E-state index in [1.54, 1.807) is 24.3 Å². The van der Waals surface area contributed by atoms with Crippen LogP contribution in [0, 0.1) is 5.82 Å². The number of nitrogens with zero attached hydrogens (tertiary/aromatic N) is 2. The molecule has 1 aromatic heterocycles. The molecule has 0 fully saturated rings. The van der Waals surface area contributed by atoms with Gasteiger partial charge < -0.3 is 5.32 Å². The van der Waals surface area contributed by atoms with Crippen LogP contribution in [0.4, 0.5) is 4.39 Å². The van der Waals surface area contributed by atoms with Gasteiger partial charge >= 0.3 is 0 Å². The van der Waals surface area contributed by atoms with Crippen molar-refractivity contribution in [2.45, 2.75) is 12.5 Å². The van der Waals surface area contributed by atoms with Gasteiger partial charge in [-0.3, -0.25) is 14.2 Å². The number of para-hydroxylation sites is 1. The first kappa shape index (κ1) is 17.3. The van der Waals surface area contributed by atoms with Gasteiger partial charge in [-0.2, -0.15) is 0 Å². The molecule has 0 spiro atoms. The SMILES string of the molecule is O=C1NC(Cc2ccccc2)c2nc3ccc(F)cc3c(=O)n2-c2ccccc21. The number of aromatic nitrogens is 2. The molecule has 4 aromatic rings. The van der Waals surface area contributed by atoms with Crippen molar-refractivity contribution in [3.05, 3.63) is 106 Å². The number of hydrogen-bond acceptors (Lipinski definition) is 3. The lowest BCUT2D eigenvalue weighted by atomic mass is 10.0. The zero-order chi connectivity index (χ0) is 20.0. The van der Waals surface area contributed by atoms with Crippen LogP contribution in [0.2, 0.25) is 0 Å². The van der Waals surface area contributed by atoms with Gasteiger partial charge in [0.25, 0.3) is 11.5 Å². The Morgan fingerprint density at radius 3 is 2.55 bits per heavy atom. The van der Waals surface area contributed by atoms with Crippen LogP contribution in [0.1, 0.15) is 27.8 Å². The largest absolute Gasteiger partial charge is 0.342 e. The number of hydrogen-bond donors (Lipinski definition) is 1. The summed E-state index contributed by atoms with van der Waals surface area (Å²) in [4.78, 5) is 31.0. The molecule has 3 aromatic carbocycles. The average molecular weight is 385 g/mol. The van der Waals surface area contributed by atoms with Crippen molar-refractivity contribution in [1.82, 2.24) is 14.9 Å². The number of carbonyl (C=O) groups excluding carboxylic acids is 1. The molecule has 0 radical (unpaired) electrons. The number of amides is 1. The molecule has 5 rings (SSSR count). The number of fused-ring (bicyclic) bond motifs is 4. The molecule has 0 saturated carbocycles. The molecule has 1 unspecified atom stereocenters. The molecule has 142 valence electrons. The molecule has 29 heavy (non-hydrogen) atoms. The molecule has 1 N–H and O–H groups in total. The second-order valence-corrected chi connectivity index (χ2v) is 7.00. The van der Waals surface area contributed by atoms with E-state index in [0.29, 0.717) is 29.0 Å². The second-order valence-electron chi connectivity index (χ2n) is 7.00. The summed E-state index contributed by atoms with van der Waals surface area (Å²) in [5.41, 5.74) is 1.83.